The number of nitrogens with zero attached hydrogens (tertiary/aromatic N) is 2. The summed E-state index contributed by atoms with van der Waals surface area (Å²) in [6.45, 7) is 6.28. The maximum Gasteiger partial charge on any atom is 0.408 e. The second-order valence-electron chi connectivity index (χ2n) is 8.32. The highest BCUT2D eigenvalue weighted by Crippen LogP contribution is 2.28. The van der Waals surface area contributed by atoms with E-state index in [1.165, 1.54) is 19.3 Å². The predicted octanol–water partition coefficient (Wildman–Crippen LogP) is 2.71. The summed E-state index contributed by atoms with van der Waals surface area (Å²) < 4.78 is 16.0. The van der Waals surface area contributed by atoms with Crippen molar-refractivity contribution < 1.29 is 23.6 Å². The van der Waals surface area contributed by atoms with E-state index in [1.807, 2.05) is 13.8 Å². The van der Waals surface area contributed by atoms with E-state index in [9.17, 15) is 9.59 Å². The molecule has 0 aromatic carbocycles. The highest BCUT2D eigenvalue weighted by molar-refractivity contribution is 5.83. The van der Waals surface area contributed by atoms with E-state index in [1.54, 1.807) is 11.0 Å². The number of carbonyl (C=O) groups is 2. The monoisotopic (exact) mass is 422 g/mol. The highest BCUT2D eigenvalue weighted by atomic mass is 16.6. The van der Waals surface area contributed by atoms with Gasteiger partial charge in [-0.1, -0.05) is 37.3 Å². The van der Waals surface area contributed by atoms with Crippen molar-refractivity contribution in [3.05, 3.63) is 11.8 Å². The summed E-state index contributed by atoms with van der Waals surface area (Å²) in [4.78, 5) is 27.3. The zero-order valence-corrected chi connectivity index (χ0v) is 18.0. The van der Waals surface area contributed by atoms with Crippen molar-refractivity contribution in [2.24, 2.45) is 5.92 Å². The van der Waals surface area contributed by atoms with E-state index in [-0.39, 0.29) is 11.9 Å². The number of rotatable bonds is 8. The number of aryl methyl sites for hydroxylation is 1. The topological polar surface area (TPSA) is 106 Å². The average molecular weight is 423 g/mol. The van der Waals surface area contributed by atoms with Crippen molar-refractivity contribution in [2.75, 3.05) is 38.2 Å². The number of amides is 2. The molecule has 9 nitrogen and oxygen atoms in total. The van der Waals surface area contributed by atoms with Gasteiger partial charge in [-0.3, -0.25) is 4.79 Å². The van der Waals surface area contributed by atoms with Gasteiger partial charge in [-0.2, -0.15) is 0 Å². The summed E-state index contributed by atoms with van der Waals surface area (Å²) >= 11 is 0. The summed E-state index contributed by atoms with van der Waals surface area (Å²) in [6, 6.07) is 1.58. The van der Waals surface area contributed by atoms with E-state index in [0.29, 0.717) is 56.8 Å². The maximum atomic E-state index is 13.0. The Hall–Kier alpha value is -2.29. The van der Waals surface area contributed by atoms with Crippen LogP contribution in [-0.2, 0) is 14.3 Å². The summed E-state index contributed by atoms with van der Waals surface area (Å²) in [5.74, 6) is 1.65. The molecular formula is C21H34N4O5. The Morgan fingerprint density at radius 2 is 2.00 bits per heavy atom. The van der Waals surface area contributed by atoms with Crippen LogP contribution in [0.5, 0.6) is 0 Å². The summed E-state index contributed by atoms with van der Waals surface area (Å²) in [7, 11) is 0. The van der Waals surface area contributed by atoms with E-state index < -0.39 is 12.2 Å². The molecule has 0 radical (unpaired) electrons. The van der Waals surface area contributed by atoms with Crippen LogP contribution in [0, 0.1) is 12.8 Å². The quantitative estimate of drug-likeness (QED) is 0.663. The van der Waals surface area contributed by atoms with Crippen molar-refractivity contribution in [1.29, 1.82) is 0 Å². The Morgan fingerprint density at radius 1 is 1.27 bits per heavy atom. The Kier molecular flexibility index (Phi) is 8.36. The van der Waals surface area contributed by atoms with Crippen LogP contribution in [0.2, 0.25) is 0 Å². The number of hydrogen-bond donors (Lipinski definition) is 2. The highest BCUT2D eigenvalue weighted by Gasteiger charge is 2.32. The number of alkyl carbamates (subject to hydrolysis) is 1. The Morgan fingerprint density at radius 3 is 2.67 bits per heavy atom. The fourth-order valence-corrected chi connectivity index (χ4v) is 4.04. The number of ether oxygens (including phenoxy) is 2. The predicted molar refractivity (Wildman–Crippen MR) is 111 cm³/mol. The Bertz CT molecular complexity index is 683. The summed E-state index contributed by atoms with van der Waals surface area (Å²) in [6.07, 6.45) is 5.07. The largest absolute Gasteiger partial charge is 0.436 e. The molecule has 1 aliphatic heterocycles. The van der Waals surface area contributed by atoms with Crippen LogP contribution < -0.4 is 10.6 Å². The Balaban J connectivity index is 1.52. The van der Waals surface area contributed by atoms with Crippen LogP contribution >= 0.6 is 0 Å². The van der Waals surface area contributed by atoms with Crippen molar-refractivity contribution in [3.8, 4) is 0 Å². The molecule has 1 saturated heterocycles. The molecule has 1 aliphatic carbocycles. The zero-order chi connectivity index (χ0) is 21.3. The minimum atomic E-state index is -0.746. The van der Waals surface area contributed by atoms with Gasteiger partial charge in [0, 0.05) is 31.7 Å². The van der Waals surface area contributed by atoms with Crippen LogP contribution in [-0.4, -0.2) is 67.1 Å². The molecule has 2 fully saturated rings. The van der Waals surface area contributed by atoms with E-state index >= 15 is 0 Å². The first-order chi connectivity index (χ1) is 14.5. The molecule has 0 spiro atoms. The number of aromatic nitrogens is 1. The summed E-state index contributed by atoms with van der Waals surface area (Å²) in [5.41, 5.74) is 0. The molecule has 168 valence electrons. The van der Waals surface area contributed by atoms with Gasteiger partial charge < -0.3 is 29.5 Å². The third-order valence-electron chi connectivity index (χ3n) is 5.70. The number of carbonyl (C=O) groups excluding carboxylic acids is 2. The molecule has 2 atom stereocenters. The van der Waals surface area contributed by atoms with Gasteiger partial charge >= 0.3 is 6.09 Å². The van der Waals surface area contributed by atoms with Crippen LogP contribution in [0.1, 0.15) is 51.2 Å². The molecule has 1 aromatic rings. The van der Waals surface area contributed by atoms with Gasteiger partial charge in [0.1, 0.15) is 5.76 Å². The van der Waals surface area contributed by atoms with Crippen molar-refractivity contribution in [3.63, 3.8) is 0 Å². The van der Waals surface area contributed by atoms with Gasteiger partial charge in [-0.15, -0.1) is 0 Å². The second kappa shape index (κ2) is 11.2. The molecular weight excluding hydrogens is 388 g/mol. The fraction of sp³-hybridized carbons (Fsp3) is 0.762. The normalized spacial score (nSPS) is 19.7. The fourth-order valence-electron chi connectivity index (χ4n) is 4.04. The van der Waals surface area contributed by atoms with E-state index in [4.69, 9.17) is 14.0 Å². The second-order valence-corrected chi connectivity index (χ2v) is 8.32. The third-order valence-corrected chi connectivity index (χ3v) is 5.70. The standard InChI is InChI=1S/C21H34N4O5/c1-15(14-22-19-12-16(2)30-24-19)23-21(27)29-18(13-17-6-4-3-5-7-17)20(26)25-8-10-28-11-9-25/h12,15,17-18H,3-11,13-14H2,1-2H3,(H,22,24)(H,23,27). The number of nitrogens with one attached hydrogen (secondary N) is 2. The molecule has 2 amide bonds. The molecule has 2 aliphatic rings. The number of anilines is 1. The molecule has 1 saturated carbocycles. The van der Waals surface area contributed by atoms with E-state index in [2.05, 4.69) is 15.8 Å². The molecule has 2 unspecified atom stereocenters. The van der Waals surface area contributed by atoms with E-state index in [0.717, 1.165) is 12.8 Å². The summed E-state index contributed by atoms with van der Waals surface area (Å²) in [5, 5.41) is 9.77. The average Bonchev–Trinajstić information content (AvgIpc) is 3.18. The van der Waals surface area contributed by atoms with Crippen LogP contribution in [0.4, 0.5) is 10.6 Å². The van der Waals surface area contributed by atoms with Gasteiger partial charge in [0.25, 0.3) is 5.91 Å². The van der Waals surface area contributed by atoms with Gasteiger partial charge in [0.05, 0.1) is 13.2 Å². The zero-order valence-electron chi connectivity index (χ0n) is 18.0. The number of hydrogen-bond acceptors (Lipinski definition) is 7. The smallest absolute Gasteiger partial charge is 0.408 e. The van der Waals surface area contributed by atoms with Crippen LogP contribution in [0.25, 0.3) is 0 Å². The molecule has 2 N–H and O–H groups in total. The van der Waals surface area contributed by atoms with Crippen molar-refractivity contribution >= 4 is 17.8 Å². The maximum absolute atomic E-state index is 13.0. The van der Waals surface area contributed by atoms with Gasteiger partial charge in [0.15, 0.2) is 11.9 Å². The lowest BCUT2D eigenvalue weighted by Crippen LogP contribution is -2.49. The molecule has 9 heteroatoms. The molecule has 2 heterocycles. The minimum absolute atomic E-state index is 0.108. The lowest BCUT2D eigenvalue weighted by atomic mass is 9.85. The first-order valence-electron chi connectivity index (χ1n) is 11.0. The molecule has 1 aromatic heterocycles. The van der Waals surface area contributed by atoms with Crippen molar-refractivity contribution in [1.82, 2.24) is 15.4 Å². The van der Waals surface area contributed by atoms with Crippen LogP contribution in [0.15, 0.2) is 10.6 Å². The first-order valence-corrected chi connectivity index (χ1v) is 11.0. The lowest BCUT2D eigenvalue weighted by Gasteiger charge is -2.32. The van der Waals surface area contributed by atoms with Crippen LogP contribution in [0.3, 0.4) is 0 Å². The Labute approximate surface area is 177 Å². The lowest BCUT2D eigenvalue weighted by molar-refractivity contribution is -0.145. The van der Waals surface area contributed by atoms with Gasteiger partial charge in [-0.25, -0.2) is 4.79 Å². The molecule has 30 heavy (non-hydrogen) atoms. The molecule has 0 bridgehead atoms. The third kappa shape index (κ3) is 6.90. The molecule has 3 rings (SSSR count). The van der Waals surface area contributed by atoms with Gasteiger partial charge in [0.2, 0.25) is 0 Å². The van der Waals surface area contributed by atoms with Gasteiger partial charge in [-0.05, 0) is 26.2 Å². The van der Waals surface area contributed by atoms with Crippen molar-refractivity contribution in [2.45, 2.75) is 64.5 Å². The number of morpholine rings is 1. The SMILES string of the molecule is Cc1cc(NCC(C)NC(=O)OC(CC2CCCCC2)C(=O)N2CCOCC2)no1. The first kappa shape index (κ1) is 22.4. The minimum Gasteiger partial charge on any atom is -0.436 e.